The molecular formula is C52H51N5O7. The number of aromatic hydroxyl groups is 1. The molecule has 1 saturated heterocycles. The van der Waals surface area contributed by atoms with Crippen molar-refractivity contribution in [1.29, 1.82) is 0 Å². The van der Waals surface area contributed by atoms with Crippen LogP contribution in [0.5, 0.6) is 5.75 Å². The summed E-state index contributed by atoms with van der Waals surface area (Å²) < 4.78 is 5.89. The normalized spacial score (nSPS) is 14.7. The molecule has 64 heavy (non-hydrogen) atoms. The number of phenolic OH excluding ortho intramolecular Hbond substituents is 1. The first-order chi connectivity index (χ1) is 31.1. The molecule has 0 saturated carbocycles. The molecule has 0 radical (unpaired) electrons. The van der Waals surface area contributed by atoms with Gasteiger partial charge in [-0.15, -0.1) is 0 Å². The molecule has 0 spiro atoms. The summed E-state index contributed by atoms with van der Waals surface area (Å²) in [7, 11) is 0. The van der Waals surface area contributed by atoms with E-state index in [1.807, 2.05) is 48.5 Å². The van der Waals surface area contributed by atoms with E-state index in [-0.39, 0.29) is 48.3 Å². The lowest BCUT2D eigenvalue weighted by molar-refractivity contribution is -0.164. The molecule has 1 fully saturated rings. The third kappa shape index (κ3) is 10.3. The van der Waals surface area contributed by atoms with Gasteiger partial charge in [0.25, 0.3) is 5.91 Å². The molecule has 0 bridgehead atoms. The Morgan fingerprint density at radius 1 is 0.781 bits per heavy atom. The highest BCUT2D eigenvalue weighted by atomic mass is 16.5. The molecule has 5 aromatic carbocycles. The van der Waals surface area contributed by atoms with Crippen molar-refractivity contribution in [3.63, 3.8) is 0 Å². The monoisotopic (exact) mass is 857 g/mol. The van der Waals surface area contributed by atoms with Crippen molar-refractivity contribution in [3.05, 3.63) is 201 Å². The number of nitrogens with zero attached hydrogens (tertiary/aromatic N) is 2. The molecular weight excluding hydrogens is 807 g/mol. The maximum absolute atomic E-state index is 13.8. The lowest BCUT2D eigenvalue weighted by Gasteiger charge is -2.33. The van der Waals surface area contributed by atoms with Crippen LogP contribution >= 0.6 is 0 Å². The van der Waals surface area contributed by atoms with Crippen LogP contribution in [0.15, 0.2) is 157 Å². The van der Waals surface area contributed by atoms with Gasteiger partial charge in [0, 0.05) is 48.4 Å². The number of rotatable bonds is 16. The van der Waals surface area contributed by atoms with Gasteiger partial charge in [-0.1, -0.05) is 109 Å². The minimum atomic E-state index is -1.99. The summed E-state index contributed by atoms with van der Waals surface area (Å²) in [5, 5.41) is 39.8. The molecule has 7 aromatic rings. The molecule has 6 N–H and O–H groups in total. The smallest absolute Gasteiger partial charge is 0.347 e. The van der Waals surface area contributed by atoms with Gasteiger partial charge in [-0.2, -0.15) is 0 Å². The summed E-state index contributed by atoms with van der Waals surface area (Å²) in [5.74, 6) is -0.798. The number of benzene rings is 5. The van der Waals surface area contributed by atoms with Gasteiger partial charge in [0.15, 0.2) is 0 Å². The van der Waals surface area contributed by atoms with Gasteiger partial charge < -0.3 is 35.7 Å². The lowest BCUT2D eigenvalue weighted by Crippen LogP contribution is -2.40. The predicted molar refractivity (Wildman–Crippen MR) is 245 cm³/mol. The van der Waals surface area contributed by atoms with Crippen LogP contribution in [0.25, 0.3) is 22.0 Å². The molecule has 326 valence electrons. The number of aromatic nitrogens is 2. The van der Waals surface area contributed by atoms with Crippen molar-refractivity contribution in [1.82, 2.24) is 25.5 Å². The number of pyridine rings is 2. The molecule has 0 unspecified atom stereocenters. The van der Waals surface area contributed by atoms with Gasteiger partial charge in [0.1, 0.15) is 5.75 Å². The topological polar surface area (TPSA) is 177 Å². The van der Waals surface area contributed by atoms with Crippen LogP contribution in [-0.4, -0.2) is 68.3 Å². The second-order valence-electron chi connectivity index (χ2n) is 16.3. The van der Waals surface area contributed by atoms with E-state index in [9.17, 15) is 29.7 Å². The van der Waals surface area contributed by atoms with E-state index < -0.39 is 17.7 Å². The minimum absolute atomic E-state index is 0.0668. The van der Waals surface area contributed by atoms with Crippen molar-refractivity contribution in [2.45, 2.75) is 44.2 Å². The van der Waals surface area contributed by atoms with E-state index in [0.717, 1.165) is 49.2 Å². The highest BCUT2D eigenvalue weighted by Crippen LogP contribution is 2.34. The first-order valence-corrected chi connectivity index (χ1v) is 21.5. The number of aliphatic hydroxyl groups is 2. The van der Waals surface area contributed by atoms with E-state index in [0.29, 0.717) is 39.9 Å². The van der Waals surface area contributed by atoms with Crippen molar-refractivity contribution in [2.75, 3.05) is 26.2 Å². The molecule has 1 aliphatic heterocycles. The van der Waals surface area contributed by atoms with Gasteiger partial charge in [-0.25, -0.2) is 4.79 Å². The van der Waals surface area contributed by atoms with E-state index in [1.165, 1.54) is 17.7 Å². The Balaban J connectivity index is 0.820. The molecule has 2 aromatic heterocycles. The minimum Gasteiger partial charge on any atom is -0.506 e. The third-order valence-electron chi connectivity index (χ3n) is 11.9. The number of H-pyrrole nitrogens is 1. The van der Waals surface area contributed by atoms with Gasteiger partial charge in [-0.3, -0.25) is 19.5 Å². The largest absolute Gasteiger partial charge is 0.506 e. The van der Waals surface area contributed by atoms with Crippen molar-refractivity contribution >= 4 is 22.8 Å². The second-order valence-corrected chi connectivity index (χ2v) is 16.3. The van der Waals surface area contributed by atoms with Crippen LogP contribution < -0.4 is 16.2 Å². The number of likely N-dealkylation sites (tertiary alicyclic amines) is 1. The number of ether oxygens (including phenoxy) is 1. The first kappa shape index (κ1) is 43.7. The Labute approximate surface area is 371 Å². The number of nitrogens with one attached hydrogen (secondary N) is 3. The third-order valence-corrected chi connectivity index (χ3v) is 11.9. The van der Waals surface area contributed by atoms with E-state index in [4.69, 9.17) is 4.74 Å². The zero-order chi connectivity index (χ0) is 44.5. The highest BCUT2D eigenvalue weighted by molar-refractivity contribution is 5.94. The Morgan fingerprint density at radius 3 is 2.17 bits per heavy atom. The zero-order valence-corrected chi connectivity index (χ0v) is 35.3. The van der Waals surface area contributed by atoms with Crippen LogP contribution in [0.2, 0.25) is 0 Å². The zero-order valence-electron chi connectivity index (χ0n) is 35.3. The number of amides is 1. The van der Waals surface area contributed by atoms with Crippen LogP contribution in [-0.2, 0) is 34.8 Å². The number of fused-ring (bicyclic) bond motifs is 1. The molecule has 3 heterocycles. The number of aliphatic hydroxyl groups excluding tert-OH is 1. The van der Waals surface area contributed by atoms with Gasteiger partial charge in [-0.05, 0) is 95.6 Å². The Bertz CT molecular complexity index is 2720. The fourth-order valence-corrected chi connectivity index (χ4v) is 8.20. The molecule has 2 atom stereocenters. The average Bonchev–Trinajstić information content (AvgIpc) is 3.34. The van der Waals surface area contributed by atoms with Gasteiger partial charge in [0.05, 0.1) is 30.5 Å². The molecule has 12 nitrogen and oxygen atoms in total. The van der Waals surface area contributed by atoms with Crippen molar-refractivity contribution in [3.8, 4) is 16.9 Å². The Kier molecular flexibility index (Phi) is 13.7. The summed E-state index contributed by atoms with van der Waals surface area (Å²) >= 11 is 0. The SMILES string of the molecule is O=C(NCc1ccc(-c2ccc([C@](O)(C(=O)OCC3CCN(Cc4ccccc4)CC3)c3ccccc3)cc2)cn1)c1ccc(CNC[C@H](O)c2ccc(O)c3[nH]c(=O)ccc23)cc1. The second kappa shape index (κ2) is 20.0. The molecule has 1 aliphatic rings. The van der Waals surface area contributed by atoms with E-state index in [2.05, 4.69) is 49.8 Å². The first-order valence-electron chi connectivity index (χ1n) is 21.5. The number of carbonyl (C=O) groups is 2. The predicted octanol–water partition coefficient (Wildman–Crippen LogP) is 6.74. The van der Waals surface area contributed by atoms with E-state index in [1.54, 1.807) is 66.9 Å². The quantitative estimate of drug-likeness (QED) is 0.0571. The molecule has 12 heteroatoms. The van der Waals surface area contributed by atoms with E-state index >= 15 is 0 Å². The van der Waals surface area contributed by atoms with Crippen LogP contribution in [0, 0.1) is 5.92 Å². The fraction of sp³-hybridized carbons (Fsp3) is 0.231. The summed E-state index contributed by atoms with van der Waals surface area (Å²) in [6.07, 6.45) is 2.66. The molecule has 8 rings (SSSR count). The number of phenols is 1. The Hall–Kier alpha value is -6.96. The number of aromatic amines is 1. The standard InChI is InChI=1S/C52H51N5O7/c58-46-23-21-44(45-22-24-48(60)56-49(45)46)47(59)32-53-29-35-11-13-39(14-12-35)50(61)55-31-43-20-17-40(30-54-43)38-15-18-42(19-16-38)52(63,41-9-5-2-6-10-41)51(62)64-34-37-25-27-57(28-26-37)33-36-7-3-1-4-8-36/h1-24,30,37,47,53,58-59,63H,25-29,31-34H2,(H,55,61)(H,56,60)/t47-,52-/m0/s1. The number of carbonyl (C=O) groups excluding carboxylic acids is 2. The molecule has 0 aliphatic carbocycles. The average molecular weight is 858 g/mol. The maximum Gasteiger partial charge on any atom is 0.347 e. The van der Waals surface area contributed by atoms with Crippen LogP contribution in [0.3, 0.4) is 0 Å². The van der Waals surface area contributed by atoms with Crippen LogP contribution in [0.4, 0.5) is 0 Å². The summed E-state index contributed by atoms with van der Waals surface area (Å²) in [5.41, 5.74) is 4.39. The number of hydrogen-bond donors (Lipinski definition) is 6. The van der Waals surface area contributed by atoms with Gasteiger partial charge in [0.2, 0.25) is 11.2 Å². The Morgan fingerprint density at radius 2 is 1.47 bits per heavy atom. The highest BCUT2D eigenvalue weighted by Gasteiger charge is 2.42. The number of esters is 1. The van der Waals surface area contributed by atoms with Crippen molar-refractivity contribution < 1.29 is 29.6 Å². The summed E-state index contributed by atoms with van der Waals surface area (Å²) in [6.45, 7) is 3.88. The fourth-order valence-electron chi connectivity index (χ4n) is 8.20. The number of hydrogen-bond acceptors (Lipinski definition) is 10. The van der Waals surface area contributed by atoms with Crippen molar-refractivity contribution in [2.24, 2.45) is 5.92 Å². The van der Waals surface area contributed by atoms with Gasteiger partial charge >= 0.3 is 5.97 Å². The summed E-state index contributed by atoms with van der Waals surface area (Å²) in [6, 6.07) is 43.4. The lowest BCUT2D eigenvalue weighted by atomic mass is 9.85. The molecule has 1 amide bonds. The van der Waals surface area contributed by atoms with Crippen LogP contribution in [0.1, 0.15) is 62.8 Å². The summed E-state index contributed by atoms with van der Waals surface area (Å²) in [4.78, 5) is 48.2. The number of piperidine rings is 1. The maximum atomic E-state index is 13.8.